The standard InChI is InChI=1S/C42H56O7/c1-4-6-8-10-11-12-13-14-16-17-31-46-33(3)40(43)48-38-29-25-37(26-30-38)42(45)49-39-27-23-35(24-28-39)34-19-21-36(22-20-34)41(44)47-32-18-15-9-7-5-2/h19-30,33H,4-18,31-32H2,1-3H3/t33-/m0/s1. The van der Waals surface area contributed by atoms with Crippen molar-refractivity contribution >= 4 is 17.9 Å². The van der Waals surface area contributed by atoms with Crippen LogP contribution in [-0.2, 0) is 14.3 Å². The fourth-order valence-corrected chi connectivity index (χ4v) is 5.41. The van der Waals surface area contributed by atoms with Crippen molar-refractivity contribution in [2.45, 2.75) is 123 Å². The van der Waals surface area contributed by atoms with E-state index >= 15 is 0 Å². The van der Waals surface area contributed by atoms with Gasteiger partial charge in [-0.25, -0.2) is 14.4 Å². The second kappa shape index (κ2) is 23.4. The molecule has 3 aromatic carbocycles. The Kier molecular flexibility index (Phi) is 18.8. The fraction of sp³-hybridized carbons (Fsp3) is 0.500. The highest BCUT2D eigenvalue weighted by Crippen LogP contribution is 2.24. The minimum absolute atomic E-state index is 0.311. The van der Waals surface area contributed by atoms with Crippen LogP contribution in [0.1, 0.15) is 138 Å². The van der Waals surface area contributed by atoms with Crippen LogP contribution < -0.4 is 9.47 Å². The maximum Gasteiger partial charge on any atom is 0.343 e. The SMILES string of the molecule is CCCCCCCCCCCCO[C@@H](C)C(=O)Oc1ccc(C(=O)Oc2ccc(-c3ccc(C(=O)OCCCCCCC)cc3)cc2)cc1. The molecule has 0 amide bonds. The summed E-state index contributed by atoms with van der Waals surface area (Å²) in [5.41, 5.74) is 2.70. The number of esters is 3. The molecule has 0 bridgehead atoms. The van der Waals surface area contributed by atoms with Crippen molar-refractivity contribution in [3.8, 4) is 22.6 Å². The molecule has 1 atom stereocenters. The van der Waals surface area contributed by atoms with Crippen LogP contribution in [0.5, 0.6) is 11.5 Å². The van der Waals surface area contributed by atoms with Crippen LogP contribution in [-0.4, -0.2) is 37.2 Å². The van der Waals surface area contributed by atoms with Gasteiger partial charge in [0.25, 0.3) is 0 Å². The molecular weight excluding hydrogens is 616 g/mol. The molecule has 3 aromatic rings. The molecule has 0 aromatic heterocycles. The first-order valence-corrected chi connectivity index (χ1v) is 18.4. The number of ether oxygens (including phenoxy) is 4. The number of hydrogen-bond acceptors (Lipinski definition) is 7. The van der Waals surface area contributed by atoms with Gasteiger partial charge in [0, 0.05) is 6.61 Å². The topological polar surface area (TPSA) is 88.1 Å². The minimum atomic E-state index is -0.671. The molecule has 0 heterocycles. The third kappa shape index (κ3) is 15.4. The van der Waals surface area contributed by atoms with Gasteiger partial charge in [0.2, 0.25) is 0 Å². The van der Waals surface area contributed by atoms with E-state index in [-0.39, 0.29) is 5.97 Å². The number of benzene rings is 3. The highest BCUT2D eigenvalue weighted by atomic mass is 16.6. The van der Waals surface area contributed by atoms with Gasteiger partial charge in [-0.2, -0.15) is 0 Å². The van der Waals surface area contributed by atoms with Crippen molar-refractivity contribution in [2.75, 3.05) is 13.2 Å². The van der Waals surface area contributed by atoms with E-state index in [1.54, 1.807) is 55.5 Å². The van der Waals surface area contributed by atoms with Crippen LogP contribution in [0.2, 0.25) is 0 Å². The smallest absolute Gasteiger partial charge is 0.343 e. The molecule has 0 radical (unpaired) electrons. The number of rotatable bonds is 24. The van der Waals surface area contributed by atoms with Gasteiger partial charge < -0.3 is 18.9 Å². The monoisotopic (exact) mass is 672 g/mol. The molecule has 49 heavy (non-hydrogen) atoms. The van der Waals surface area contributed by atoms with Crippen LogP contribution in [0, 0.1) is 0 Å². The lowest BCUT2D eigenvalue weighted by Crippen LogP contribution is -2.26. The van der Waals surface area contributed by atoms with Gasteiger partial charge in [0.15, 0.2) is 6.10 Å². The normalized spacial score (nSPS) is 11.6. The summed E-state index contributed by atoms with van der Waals surface area (Å²) in [6.45, 7) is 7.08. The van der Waals surface area contributed by atoms with Crippen molar-refractivity contribution < 1.29 is 33.3 Å². The van der Waals surface area contributed by atoms with Gasteiger partial charge in [-0.05, 0) is 79.4 Å². The Bertz CT molecular complexity index is 1360. The van der Waals surface area contributed by atoms with Crippen LogP contribution >= 0.6 is 0 Å². The largest absolute Gasteiger partial charge is 0.462 e. The number of unbranched alkanes of at least 4 members (excludes halogenated alkanes) is 13. The molecule has 0 saturated carbocycles. The van der Waals surface area contributed by atoms with Crippen molar-refractivity contribution in [1.29, 1.82) is 0 Å². The molecule has 0 N–H and O–H groups in total. The van der Waals surface area contributed by atoms with Gasteiger partial charge in [-0.3, -0.25) is 0 Å². The molecule has 0 spiro atoms. The van der Waals surface area contributed by atoms with Crippen molar-refractivity contribution in [3.05, 3.63) is 83.9 Å². The lowest BCUT2D eigenvalue weighted by atomic mass is 10.0. The molecule has 0 aliphatic carbocycles. The van der Waals surface area contributed by atoms with E-state index in [1.807, 2.05) is 24.3 Å². The summed E-state index contributed by atoms with van der Waals surface area (Å²) in [5, 5.41) is 0. The predicted octanol–water partition coefficient (Wildman–Crippen LogP) is 10.9. The molecule has 266 valence electrons. The second-order valence-electron chi connectivity index (χ2n) is 12.7. The van der Waals surface area contributed by atoms with E-state index in [1.165, 1.54) is 70.6 Å². The number of carbonyl (C=O) groups is 3. The summed E-state index contributed by atoms with van der Waals surface area (Å²) >= 11 is 0. The molecular formula is C42H56O7. The zero-order valence-corrected chi connectivity index (χ0v) is 29.9. The first-order chi connectivity index (χ1) is 23.9. The first kappa shape index (κ1) is 39.5. The number of carbonyl (C=O) groups excluding carboxylic acids is 3. The summed E-state index contributed by atoms with van der Waals surface area (Å²) in [7, 11) is 0. The van der Waals surface area contributed by atoms with E-state index < -0.39 is 18.0 Å². The Morgan fingerprint density at radius 2 is 0.898 bits per heavy atom. The molecule has 7 heteroatoms. The Labute approximate surface area is 293 Å². The van der Waals surface area contributed by atoms with Crippen molar-refractivity contribution in [3.63, 3.8) is 0 Å². The van der Waals surface area contributed by atoms with Gasteiger partial charge in [-0.1, -0.05) is 122 Å². The Morgan fingerprint density at radius 1 is 0.490 bits per heavy atom. The van der Waals surface area contributed by atoms with Gasteiger partial charge in [-0.15, -0.1) is 0 Å². The lowest BCUT2D eigenvalue weighted by molar-refractivity contribution is -0.146. The van der Waals surface area contributed by atoms with Crippen LogP contribution in [0.25, 0.3) is 11.1 Å². The molecule has 0 saturated heterocycles. The van der Waals surface area contributed by atoms with Crippen LogP contribution in [0.3, 0.4) is 0 Å². The van der Waals surface area contributed by atoms with Gasteiger partial charge in [0.05, 0.1) is 17.7 Å². The van der Waals surface area contributed by atoms with E-state index in [4.69, 9.17) is 18.9 Å². The molecule has 7 nitrogen and oxygen atoms in total. The summed E-state index contributed by atoms with van der Waals surface area (Å²) < 4.78 is 22.1. The highest BCUT2D eigenvalue weighted by molar-refractivity contribution is 5.91. The highest BCUT2D eigenvalue weighted by Gasteiger charge is 2.17. The van der Waals surface area contributed by atoms with E-state index in [9.17, 15) is 14.4 Å². The first-order valence-electron chi connectivity index (χ1n) is 18.4. The third-order valence-electron chi connectivity index (χ3n) is 8.51. The maximum absolute atomic E-state index is 12.7. The Morgan fingerprint density at radius 3 is 1.45 bits per heavy atom. The summed E-state index contributed by atoms with van der Waals surface area (Å²) in [6.07, 6.45) is 17.3. The predicted molar refractivity (Wildman–Crippen MR) is 195 cm³/mol. The average Bonchev–Trinajstić information content (AvgIpc) is 3.12. The Balaban J connectivity index is 1.35. The van der Waals surface area contributed by atoms with E-state index in [2.05, 4.69) is 13.8 Å². The molecule has 0 aliphatic rings. The van der Waals surface area contributed by atoms with Gasteiger partial charge >= 0.3 is 17.9 Å². The molecule has 0 fully saturated rings. The van der Waals surface area contributed by atoms with Crippen LogP contribution in [0.15, 0.2) is 72.8 Å². The zero-order valence-electron chi connectivity index (χ0n) is 29.9. The molecule has 0 unspecified atom stereocenters. The number of hydrogen-bond donors (Lipinski definition) is 0. The molecule has 3 rings (SSSR count). The summed E-state index contributed by atoms with van der Waals surface area (Å²) in [6, 6.07) is 20.7. The summed E-state index contributed by atoms with van der Waals surface area (Å²) in [5.74, 6) is -0.565. The van der Waals surface area contributed by atoms with Crippen LogP contribution in [0.4, 0.5) is 0 Å². The third-order valence-corrected chi connectivity index (χ3v) is 8.51. The summed E-state index contributed by atoms with van der Waals surface area (Å²) in [4.78, 5) is 37.6. The van der Waals surface area contributed by atoms with E-state index in [0.29, 0.717) is 35.8 Å². The van der Waals surface area contributed by atoms with Crippen molar-refractivity contribution in [2.24, 2.45) is 0 Å². The second-order valence-corrected chi connectivity index (χ2v) is 12.7. The van der Waals surface area contributed by atoms with E-state index in [0.717, 1.165) is 36.8 Å². The quantitative estimate of drug-likeness (QED) is 0.0531. The fourth-order valence-electron chi connectivity index (χ4n) is 5.41. The molecule has 0 aliphatic heterocycles. The Hall–Kier alpha value is -3.97. The van der Waals surface area contributed by atoms with Gasteiger partial charge in [0.1, 0.15) is 11.5 Å². The lowest BCUT2D eigenvalue weighted by Gasteiger charge is -2.13. The minimum Gasteiger partial charge on any atom is -0.462 e. The maximum atomic E-state index is 12.7. The average molecular weight is 673 g/mol. The zero-order chi connectivity index (χ0) is 35.1. The van der Waals surface area contributed by atoms with Crippen molar-refractivity contribution in [1.82, 2.24) is 0 Å².